The molecule has 3 aromatic rings. The minimum Gasteiger partial charge on any atom is -0.325 e. The van der Waals surface area contributed by atoms with Crippen LogP contribution in [0.1, 0.15) is 12.5 Å². The molecule has 0 bridgehead atoms. The predicted octanol–water partition coefficient (Wildman–Crippen LogP) is 3.87. The Labute approximate surface area is 152 Å². The van der Waals surface area contributed by atoms with E-state index in [1.165, 1.54) is 0 Å². The SMILES string of the molecule is O=C(CC1C(=O)Nc2nc3ccccc3n21)Nc1ccc(Cl)cc1Cl. The maximum absolute atomic E-state index is 12.4. The number of halogens is 2. The zero-order valence-electron chi connectivity index (χ0n) is 12.8. The summed E-state index contributed by atoms with van der Waals surface area (Å²) in [7, 11) is 0. The molecule has 2 amide bonds. The van der Waals surface area contributed by atoms with E-state index in [4.69, 9.17) is 23.2 Å². The normalized spacial score (nSPS) is 15.9. The first-order chi connectivity index (χ1) is 12.0. The standard InChI is InChI=1S/C17H12Cl2N4O2/c18-9-5-6-11(10(19)7-9)20-15(24)8-14-16(25)22-17-21-12-3-1-2-4-13(12)23(14)17/h1-7,14H,8H2,(H,20,24)(H,21,22,25). The van der Waals surface area contributed by atoms with Crippen LogP contribution in [0.3, 0.4) is 0 Å². The predicted molar refractivity (Wildman–Crippen MR) is 97.1 cm³/mol. The number of hydrogen-bond acceptors (Lipinski definition) is 3. The van der Waals surface area contributed by atoms with Crippen molar-refractivity contribution in [1.82, 2.24) is 9.55 Å². The van der Waals surface area contributed by atoms with Gasteiger partial charge in [-0.2, -0.15) is 0 Å². The second-order valence-corrected chi connectivity index (χ2v) is 6.52. The largest absolute Gasteiger partial charge is 0.325 e. The number of hydrogen-bond donors (Lipinski definition) is 2. The third-order valence-corrected chi connectivity index (χ3v) is 4.58. The number of anilines is 2. The Morgan fingerprint density at radius 1 is 1.24 bits per heavy atom. The van der Waals surface area contributed by atoms with Crippen molar-refractivity contribution in [3.05, 3.63) is 52.5 Å². The molecule has 1 aliphatic heterocycles. The van der Waals surface area contributed by atoms with Crippen LogP contribution in [0.2, 0.25) is 10.0 Å². The Kier molecular flexibility index (Phi) is 3.86. The minimum atomic E-state index is -0.659. The van der Waals surface area contributed by atoms with E-state index >= 15 is 0 Å². The number of nitrogens with one attached hydrogen (secondary N) is 2. The summed E-state index contributed by atoms with van der Waals surface area (Å²) in [4.78, 5) is 29.0. The highest BCUT2D eigenvalue weighted by molar-refractivity contribution is 6.36. The van der Waals surface area contributed by atoms with Crippen molar-refractivity contribution >= 4 is 57.7 Å². The second-order valence-electron chi connectivity index (χ2n) is 5.68. The van der Waals surface area contributed by atoms with E-state index in [1.807, 2.05) is 24.3 Å². The summed E-state index contributed by atoms with van der Waals surface area (Å²) in [6.07, 6.45) is -0.0296. The first-order valence-electron chi connectivity index (χ1n) is 7.55. The topological polar surface area (TPSA) is 76.0 Å². The summed E-state index contributed by atoms with van der Waals surface area (Å²) in [5.41, 5.74) is 2.02. The third kappa shape index (κ3) is 2.83. The molecule has 25 heavy (non-hydrogen) atoms. The lowest BCUT2D eigenvalue weighted by atomic mass is 10.1. The summed E-state index contributed by atoms with van der Waals surface area (Å²) in [5.74, 6) is -0.130. The molecule has 2 aromatic carbocycles. The van der Waals surface area contributed by atoms with Gasteiger partial charge in [-0.3, -0.25) is 19.5 Å². The van der Waals surface area contributed by atoms with Gasteiger partial charge in [0.2, 0.25) is 17.8 Å². The quantitative estimate of drug-likeness (QED) is 0.730. The number of nitrogens with zero attached hydrogens (tertiary/aromatic N) is 2. The molecule has 1 atom stereocenters. The zero-order valence-corrected chi connectivity index (χ0v) is 14.3. The number of carbonyl (C=O) groups is 2. The maximum atomic E-state index is 12.4. The Balaban J connectivity index is 1.59. The van der Waals surface area contributed by atoms with Gasteiger partial charge < -0.3 is 5.32 Å². The molecule has 1 aromatic heterocycles. The van der Waals surface area contributed by atoms with Crippen molar-refractivity contribution in [2.24, 2.45) is 0 Å². The molecule has 0 aliphatic carbocycles. The average molecular weight is 375 g/mol. The molecule has 2 heterocycles. The highest BCUT2D eigenvalue weighted by Crippen LogP contribution is 2.32. The van der Waals surface area contributed by atoms with E-state index in [2.05, 4.69) is 15.6 Å². The molecule has 1 unspecified atom stereocenters. The van der Waals surface area contributed by atoms with Gasteiger partial charge in [-0.15, -0.1) is 0 Å². The van der Waals surface area contributed by atoms with Crippen molar-refractivity contribution in [3.8, 4) is 0 Å². The third-order valence-electron chi connectivity index (χ3n) is 4.03. The van der Waals surface area contributed by atoms with Crippen molar-refractivity contribution in [2.75, 3.05) is 10.6 Å². The fraction of sp³-hybridized carbons (Fsp3) is 0.118. The number of para-hydroxylation sites is 2. The van der Waals surface area contributed by atoms with Crippen LogP contribution in [0.25, 0.3) is 11.0 Å². The molecule has 0 saturated heterocycles. The summed E-state index contributed by atoms with van der Waals surface area (Å²) in [6, 6.07) is 11.6. The van der Waals surface area contributed by atoms with E-state index in [9.17, 15) is 9.59 Å². The van der Waals surface area contributed by atoms with Crippen LogP contribution < -0.4 is 10.6 Å². The Hall–Kier alpha value is -2.57. The van der Waals surface area contributed by atoms with Crippen molar-refractivity contribution < 1.29 is 9.59 Å². The Morgan fingerprint density at radius 3 is 2.84 bits per heavy atom. The number of rotatable bonds is 3. The number of fused-ring (bicyclic) bond motifs is 3. The lowest BCUT2D eigenvalue weighted by Gasteiger charge is -2.12. The second kappa shape index (κ2) is 6.06. The zero-order chi connectivity index (χ0) is 17.6. The van der Waals surface area contributed by atoms with Gasteiger partial charge in [0.15, 0.2) is 0 Å². The van der Waals surface area contributed by atoms with Gasteiger partial charge in [0.1, 0.15) is 6.04 Å². The van der Waals surface area contributed by atoms with E-state index in [0.717, 1.165) is 11.0 Å². The molecule has 4 rings (SSSR count). The van der Waals surface area contributed by atoms with Crippen LogP contribution in [-0.2, 0) is 9.59 Å². The highest BCUT2D eigenvalue weighted by Gasteiger charge is 2.34. The van der Waals surface area contributed by atoms with Crippen LogP contribution in [0.15, 0.2) is 42.5 Å². The van der Waals surface area contributed by atoms with Crippen LogP contribution in [0.5, 0.6) is 0 Å². The van der Waals surface area contributed by atoms with Crippen LogP contribution in [0.4, 0.5) is 11.6 Å². The van der Waals surface area contributed by atoms with Crippen molar-refractivity contribution in [3.63, 3.8) is 0 Å². The summed E-state index contributed by atoms with van der Waals surface area (Å²) >= 11 is 11.9. The maximum Gasteiger partial charge on any atom is 0.250 e. The summed E-state index contributed by atoms with van der Waals surface area (Å²) < 4.78 is 1.75. The number of benzene rings is 2. The lowest BCUT2D eigenvalue weighted by Crippen LogP contribution is -2.23. The molecule has 1 aliphatic rings. The monoisotopic (exact) mass is 374 g/mol. The van der Waals surface area contributed by atoms with Crippen LogP contribution >= 0.6 is 23.2 Å². The molecule has 6 nitrogen and oxygen atoms in total. The molecule has 2 N–H and O–H groups in total. The molecule has 0 saturated carbocycles. The fourth-order valence-electron chi connectivity index (χ4n) is 2.91. The average Bonchev–Trinajstić information content (AvgIpc) is 3.06. The van der Waals surface area contributed by atoms with Gasteiger partial charge in [0.25, 0.3) is 0 Å². The van der Waals surface area contributed by atoms with Gasteiger partial charge in [-0.1, -0.05) is 35.3 Å². The van der Waals surface area contributed by atoms with Crippen LogP contribution in [-0.4, -0.2) is 21.4 Å². The van der Waals surface area contributed by atoms with Crippen molar-refractivity contribution in [2.45, 2.75) is 12.5 Å². The Morgan fingerprint density at radius 2 is 2.04 bits per heavy atom. The highest BCUT2D eigenvalue weighted by atomic mass is 35.5. The van der Waals surface area contributed by atoms with E-state index in [-0.39, 0.29) is 18.2 Å². The van der Waals surface area contributed by atoms with E-state index in [1.54, 1.807) is 22.8 Å². The van der Waals surface area contributed by atoms with Crippen LogP contribution in [0, 0.1) is 0 Å². The molecular formula is C17H12Cl2N4O2. The first kappa shape index (κ1) is 15.9. The number of amides is 2. The molecule has 126 valence electrons. The molecule has 0 spiro atoms. The summed E-state index contributed by atoms with van der Waals surface area (Å²) in [5, 5.41) is 6.24. The van der Waals surface area contributed by atoms with Crippen molar-refractivity contribution in [1.29, 1.82) is 0 Å². The van der Waals surface area contributed by atoms with Gasteiger partial charge >= 0.3 is 0 Å². The van der Waals surface area contributed by atoms with Gasteiger partial charge in [-0.25, -0.2) is 4.98 Å². The molecule has 8 heteroatoms. The molecule has 0 fully saturated rings. The van der Waals surface area contributed by atoms with Gasteiger partial charge in [-0.05, 0) is 30.3 Å². The van der Waals surface area contributed by atoms with E-state index in [0.29, 0.717) is 21.7 Å². The fourth-order valence-corrected chi connectivity index (χ4v) is 3.37. The smallest absolute Gasteiger partial charge is 0.250 e. The summed E-state index contributed by atoms with van der Waals surface area (Å²) in [6.45, 7) is 0. The molecular weight excluding hydrogens is 363 g/mol. The Bertz CT molecular complexity index is 1020. The minimum absolute atomic E-state index is 0.0296. The number of carbonyl (C=O) groups excluding carboxylic acids is 2. The van der Waals surface area contributed by atoms with E-state index < -0.39 is 6.04 Å². The number of aromatic nitrogens is 2. The van der Waals surface area contributed by atoms with Gasteiger partial charge in [0, 0.05) is 5.02 Å². The first-order valence-corrected chi connectivity index (χ1v) is 8.31. The molecule has 0 radical (unpaired) electrons. The van der Waals surface area contributed by atoms with Gasteiger partial charge in [0.05, 0.1) is 28.2 Å². The lowest BCUT2D eigenvalue weighted by molar-refractivity contribution is -0.123. The number of imidazole rings is 1.